The molecule has 1 atom stereocenters. The van der Waals surface area contributed by atoms with E-state index in [0.717, 1.165) is 22.8 Å². The minimum Gasteiger partial charge on any atom is -0.464 e. The highest BCUT2D eigenvalue weighted by Crippen LogP contribution is 2.43. The van der Waals surface area contributed by atoms with Gasteiger partial charge in [0.2, 0.25) is 15.9 Å². The molecule has 0 aliphatic carbocycles. The van der Waals surface area contributed by atoms with E-state index in [1.165, 1.54) is 6.07 Å². The van der Waals surface area contributed by atoms with Crippen molar-refractivity contribution in [2.45, 2.75) is 36.0 Å². The van der Waals surface area contributed by atoms with Crippen molar-refractivity contribution in [1.29, 1.82) is 0 Å². The first-order valence-corrected chi connectivity index (χ1v) is 14.1. The van der Waals surface area contributed by atoms with Crippen molar-refractivity contribution in [2.24, 2.45) is 0 Å². The van der Waals surface area contributed by atoms with E-state index in [-0.39, 0.29) is 56.1 Å². The van der Waals surface area contributed by atoms with E-state index in [0.29, 0.717) is 29.8 Å². The van der Waals surface area contributed by atoms with Gasteiger partial charge < -0.3 is 24.4 Å². The summed E-state index contributed by atoms with van der Waals surface area (Å²) in [7, 11) is -4.05. The normalized spacial score (nSPS) is 23.3. The number of rotatable bonds is 7. The van der Waals surface area contributed by atoms with E-state index >= 15 is 0 Å². The average molecular weight is 589 g/mol. The molecular weight excluding hydrogens is 557 g/mol. The predicted molar refractivity (Wildman–Crippen MR) is 143 cm³/mol. The molecule has 3 heterocycles. The van der Waals surface area contributed by atoms with Crippen LogP contribution in [0.2, 0.25) is 5.02 Å². The minimum atomic E-state index is -4.05. The van der Waals surface area contributed by atoms with Crippen molar-refractivity contribution in [1.82, 2.24) is 14.5 Å². The molecule has 208 valence electrons. The molecule has 13 heteroatoms. The lowest BCUT2D eigenvalue weighted by Crippen LogP contribution is -2.65. The number of hydrogen-bond acceptors (Lipinski definition) is 8. The van der Waals surface area contributed by atoms with Crippen LogP contribution in [0.3, 0.4) is 0 Å². The average Bonchev–Trinajstić information content (AvgIpc) is 3.18. The number of ether oxygens (including phenoxy) is 3. The third kappa shape index (κ3) is 5.51. The maximum atomic E-state index is 13.8. The lowest BCUT2D eigenvalue weighted by atomic mass is 9.92. The lowest BCUT2D eigenvalue weighted by molar-refractivity contribution is -0.200. The molecule has 38 heavy (non-hydrogen) atoms. The van der Waals surface area contributed by atoms with Crippen LogP contribution in [0.1, 0.15) is 19.8 Å². The Morgan fingerprint density at radius 2 is 1.84 bits per heavy atom. The van der Waals surface area contributed by atoms with Crippen molar-refractivity contribution in [2.75, 3.05) is 52.5 Å². The summed E-state index contributed by atoms with van der Waals surface area (Å²) < 4.78 is 45.9. The Bertz CT molecular complexity index is 1320. The van der Waals surface area contributed by atoms with Gasteiger partial charge in [0.15, 0.2) is 5.72 Å². The van der Waals surface area contributed by atoms with Crippen molar-refractivity contribution in [3.63, 3.8) is 0 Å². The molecule has 2 aromatic carbocycles. The zero-order valence-corrected chi connectivity index (χ0v) is 23.4. The predicted octanol–water partition coefficient (Wildman–Crippen LogP) is 2.18. The molecule has 3 aliphatic rings. The highest BCUT2D eigenvalue weighted by Gasteiger charge is 2.60. The van der Waals surface area contributed by atoms with Crippen LogP contribution in [0.15, 0.2) is 41.3 Å². The van der Waals surface area contributed by atoms with E-state index in [1.54, 1.807) is 42.2 Å². The largest absolute Gasteiger partial charge is 0.464 e. The van der Waals surface area contributed by atoms with Gasteiger partial charge in [-0.2, -0.15) is 4.31 Å². The summed E-state index contributed by atoms with van der Waals surface area (Å²) in [6, 6.07) is 10.00. The summed E-state index contributed by atoms with van der Waals surface area (Å²) in [5.41, 5.74) is -1.95. The molecule has 3 fully saturated rings. The zero-order valence-electron chi connectivity index (χ0n) is 21.0. The third-order valence-electron chi connectivity index (χ3n) is 7.16. The van der Waals surface area contributed by atoms with Gasteiger partial charge in [-0.25, -0.2) is 13.2 Å². The van der Waals surface area contributed by atoms with Crippen molar-refractivity contribution >= 4 is 56.7 Å². The van der Waals surface area contributed by atoms with Crippen LogP contribution in [-0.4, -0.2) is 93.4 Å². The van der Waals surface area contributed by atoms with Gasteiger partial charge in [0.25, 0.3) is 0 Å². The van der Waals surface area contributed by atoms with Gasteiger partial charge in [0.1, 0.15) is 6.61 Å². The Balaban J connectivity index is 0.00000336. The fourth-order valence-corrected chi connectivity index (χ4v) is 7.04. The van der Waals surface area contributed by atoms with Crippen LogP contribution in [0.5, 0.6) is 0 Å². The molecular formula is C25H31Cl2N3O7S. The first-order valence-electron chi connectivity index (χ1n) is 12.3. The van der Waals surface area contributed by atoms with E-state index in [4.69, 9.17) is 25.8 Å². The molecule has 0 aromatic heterocycles. The van der Waals surface area contributed by atoms with Crippen LogP contribution >= 0.6 is 24.0 Å². The number of benzene rings is 2. The van der Waals surface area contributed by atoms with Gasteiger partial charge in [-0.3, -0.25) is 4.79 Å². The van der Waals surface area contributed by atoms with Crippen molar-refractivity contribution in [3.05, 3.63) is 41.4 Å². The SMILES string of the molecule is CCOC(=O)COCC12CN(S(=O)(=O)c3ccc4cc(Cl)ccc4c3)CC(=O)N1CC1(CCNCC1)O2.Cl. The lowest BCUT2D eigenvalue weighted by Gasteiger charge is -2.44. The number of piperazine rings is 1. The highest BCUT2D eigenvalue weighted by atomic mass is 35.5. The summed E-state index contributed by atoms with van der Waals surface area (Å²) in [6.45, 7) is 2.81. The summed E-state index contributed by atoms with van der Waals surface area (Å²) in [6.07, 6.45) is 1.35. The van der Waals surface area contributed by atoms with Gasteiger partial charge in [-0.1, -0.05) is 23.7 Å². The molecule has 1 amide bonds. The number of nitrogens with zero attached hydrogens (tertiary/aromatic N) is 2. The Morgan fingerprint density at radius 3 is 2.58 bits per heavy atom. The topological polar surface area (TPSA) is 114 Å². The van der Waals surface area contributed by atoms with Crippen molar-refractivity contribution in [3.8, 4) is 0 Å². The van der Waals surface area contributed by atoms with E-state index in [1.807, 2.05) is 0 Å². The number of sulfonamides is 1. The van der Waals surface area contributed by atoms with Crippen LogP contribution in [-0.2, 0) is 33.8 Å². The summed E-state index contributed by atoms with van der Waals surface area (Å²) in [5.74, 6) is -0.902. The van der Waals surface area contributed by atoms with E-state index in [9.17, 15) is 18.0 Å². The van der Waals surface area contributed by atoms with Crippen LogP contribution < -0.4 is 5.32 Å². The number of carbonyl (C=O) groups is 2. The quantitative estimate of drug-likeness (QED) is 0.490. The summed E-state index contributed by atoms with van der Waals surface area (Å²) >= 11 is 6.07. The number of piperidine rings is 1. The fourth-order valence-electron chi connectivity index (χ4n) is 5.39. The Labute approximate surface area is 233 Å². The Morgan fingerprint density at radius 1 is 1.13 bits per heavy atom. The number of hydrogen-bond donors (Lipinski definition) is 1. The molecule has 0 bridgehead atoms. The number of carbonyl (C=O) groups excluding carboxylic acids is 2. The minimum absolute atomic E-state index is 0. The molecule has 1 unspecified atom stereocenters. The Hall–Kier alpha value is -1.99. The molecule has 3 aliphatic heterocycles. The van der Waals surface area contributed by atoms with Gasteiger partial charge in [0, 0.05) is 5.02 Å². The molecule has 0 radical (unpaired) electrons. The second-order valence-electron chi connectivity index (χ2n) is 9.69. The fraction of sp³-hybridized carbons (Fsp3) is 0.520. The van der Waals surface area contributed by atoms with Gasteiger partial charge in [-0.05, 0) is 67.9 Å². The number of halogens is 2. The molecule has 2 aromatic rings. The van der Waals surface area contributed by atoms with Crippen LogP contribution in [0.4, 0.5) is 0 Å². The molecule has 5 rings (SSSR count). The van der Waals surface area contributed by atoms with Crippen molar-refractivity contribution < 1.29 is 32.2 Å². The molecule has 3 saturated heterocycles. The highest BCUT2D eigenvalue weighted by molar-refractivity contribution is 7.89. The first kappa shape index (κ1) is 29.0. The van der Waals surface area contributed by atoms with Gasteiger partial charge in [-0.15, -0.1) is 12.4 Å². The van der Waals surface area contributed by atoms with Crippen LogP contribution in [0, 0.1) is 0 Å². The van der Waals surface area contributed by atoms with E-state index in [2.05, 4.69) is 5.32 Å². The maximum Gasteiger partial charge on any atom is 0.332 e. The number of nitrogens with one attached hydrogen (secondary N) is 1. The standard InChI is InChI=1S/C25H30ClN3O7S.ClH/c1-2-35-23(31)14-34-17-25-16-28(13-22(30)29(25)15-24(36-25)7-9-27-10-8-24)37(32,33)21-6-4-18-11-20(26)5-3-19(18)12-21;/h3-6,11-12,27H,2,7-10,13-17H2,1H3;1H. The molecule has 0 saturated carbocycles. The molecule has 1 spiro atoms. The van der Waals surface area contributed by atoms with Crippen LogP contribution in [0.25, 0.3) is 10.8 Å². The maximum absolute atomic E-state index is 13.8. The van der Waals surface area contributed by atoms with E-state index < -0.39 is 27.3 Å². The molecule has 1 N–H and O–H groups in total. The Kier molecular flexibility index (Phi) is 8.58. The van der Waals surface area contributed by atoms with Gasteiger partial charge in [0.05, 0.1) is 43.3 Å². The third-order valence-corrected chi connectivity index (χ3v) is 9.18. The first-order chi connectivity index (χ1) is 17.7. The number of amides is 1. The summed E-state index contributed by atoms with van der Waals surface area (Å²) in [4.78, 5) is 27.0. The van der Waals surface area contributed by atoms with Gasteiger partial charge >= 0.3 is 5.97 Å². The summed E-state index contributed by atoms with van der Waals surface area (Å²) in [5, 5.41) is 5.38. The zero-order chi connectivity index (χ0) is 26.3. The monoisotopic (exact) mass is 587 g/mol. The second-order valence-corrected chi connectivity index (χ2v) is 12.1. The number of fused-ring (bicyclic) bond motifs is 2. The second kappa shape index (κ2) is 11.2. The number of esters is 1. The molecule has 10 nitrogen and oxygen atoms in total. The smallest absolute Gasteiger partial charge is 0.332 e.